The number of aliphatic carboxylic acids is 1. The fraction of sp³-hybridized carbons (Fsp3) is 0.882. The van der Waals surface area contributed by atoms with Crippen molar-refractivity contribution in [2.24, 2.45) is 29.6 Å². The molecule has 0 aromatic rings. The molecule has 5 atom stereocenters. The summed E-state index contributed by atoms with van der Waals surface area (Å²) in [5.74, 6) is 2.98. The average molecular weight is 291 g/mol. The van der Waals surface area contributed by atoms with Crippen LogP contribution < -0.4 is 0 Å². The zero-order valence-corrected chi connectivity index (χ0v) is 12.5. The standard InChI is InChI=1S/C17H25NO3/c19-13(20)7-6-12-3-1-2-8-18(12)17(21)16-14-10-4-5-11(9-10)15(14)16/h10-12,14-16H,1-9H2,(H,19,20). The van der Waals surface area contributed by atoms with Gasteiger partial charge in [0.25, 0.3) is 0 Å². The van der Waals surface area contributed by atoms with Crippen LogP contribution in [0, 0.1) is 29.6 Å². The van der Waals surface area contributed by atoms with Gasteiger partial charge in [-0.25, -0.2) is 0 Å². The second-order valence-corrected chi connectivity index (χ2v) is 7.63. The monoisotopic (exact) mass is 291 g/mol. The summed E-state index contributed by atoms with van der Waals surface area (Å²) in [6.45, 7) is 0.856. The molecule has 0 aromatic carbocycles. The summed E-state index contributed by atoms with van der Waals surface area (Å²) >= 11 is 0. The third kappa shape index (κ3) is 2.18. The Morgan fingerprint density at radius 3 is 2.43 bits per heavy atom. The highest BCUT2D eigenvalue weighted by Gasteiger charge is 2.68. The van der Waals surface area contributed by atoms with Gasteiger partial charge in [0, 0.05) is 24.9 Å². The van der Waals surface area contributed by atoms with Gasteiger partial charge in [-0.2, -0.15) is 0 Å². The van der Waals surface area contributed by atoms with Crippen molar-refractivity contribution in [2.75, 3.05) is 6.54 Å². The third-order valence-electron chi connectivity index (χ3n) is 6.62. The Morgan fingerprint density at radius 2 is 1.76 bits per heavy atom. The molecule has 3 aliphatic carbocycles. The molecular formula is C17H25NO3. The number of likely N-dealkylation sites (tertiary alicyclic amines) is 1. The normalized spacial score (nSPS) is 43.7. The second kappa shape index (κ2) is 4.99. The van der Waals surface area contributed by atoms with Crippen molar-refractivity contribution in [3.05, 3.63) is 0 Å². The maximum absolute atomic E-state index is 12.9. The number of carboxylic acids is 1. The minimum atomic E-state index is -0.741. The molecule has 3 saturated carbocycles. The molecule has 1 aliphatic heterocycles. The van der Waals surface area contributed by atoms with Gasteiger partial charge >= 0.3 is 5.97 Å². The summed E-state index contributed by atoms with van der Waals surface area (Å²) in [5, 5.41) is 8.90. The van der Waals surface area contributed by atoms with Gasteiger partial charge < -0.3 is 10.0 Å². The van der Waals surface area contributed by atoms with Crippen LogP contribution in [0.2, 0.25) is 0 Å². The quantitative estimate of drug-likeness (QED) is 0.866. The first-order chi connectivity index (χ1) is 10.2. The lowest BCUT2D eigenvalue weighted by Crippen LogP contribution is -2.45. The molecule has 4 heteroatoms. The van der Waals surface area contributed by atoms with E-state index in [0.29, 0.717) is 30.1 Å². The van der Waals surface area contributed by atoms with Crippen molar-refractivity contribution in [3.63, 3.8) is 0 Å². The Bertz CT molecular complexity index is 447. The number of hydrogen-bond acceptors (Lipinski definition) is 2. The van der Waals surface area contributed by atoms with Crippen LogP contribution in [0.25, 0.3) is 0 Å². The van der Waals surface area contributed by atoms with Gasteiger partial charge in [0.2, 0.25) is 5.91 Å². The van der Waals surface area contributed by atoms with Crippen molar-refractivity contribution < 1.29 is 14.7 Å². The molecule has 116 valence electrons. The minimum absolute atomic E-state index is 0.182. The van der Waals surface area contributed by atoms with E-state index in [1.807, 2.05) is 0 Å². The van der Waals surface area contributed by atoms with Crippen molar-refractivity contribution in [3.8, 4) is 0 Å². The average Bonchev–Trinajstić information content (AvgIpc) is 2.92. The number of hydrogen-bond donors (Lipinski definition) is 1. The molecule has 1 saturated heterocycles. The van der Waals surface area contributed by atoms with Crippen LogP contribution in [0.1, 0.15) is 51.4 Å². The Morgan fingerprint density at radius 1 is 1.05 bits per heavy atom. The van der Waals surface area contributed by atoms with Crippen molar-refractivity contribution in [1.82, 2.24) is 4.90 Å². The van der Waals surface area contributed by atoms with E-state index in [1.54, 1.807) is 0 Å². The highest BCUT2D eigenvalue weighted by molar-refractivity contribution is 5.83. The highest BCUT2D eigenvalue weighted by atomic mass is 16.4. The van der Waals surface area contributed by atoms with Gasteiger partial charge in [0.15, 0.2) is 0 Å². The van der Waals surface area contributed by atoms with Crippen LogP contribution in [-0.4, -0.2) is 34.5 Å². The lowest BCUT2D eigenvalue weighted by Gasteiger charge is -2.36. The fourth-order valence-electron chi connectivity index (χ4n) is 5.73. The van der Waals surface area contributed by atoms with Crippen LogP contribution >= 0.6 is 0 Å². The second-order valence-electron chi connectivity index (χ2n) is 7.63. The Balaban J connectivity index is 1.42. The van der Waals surface area contributed by atoms with Crippen LogP contribution in [0.5, 0.6) is 0 Å². The molecular weight excluding hydrogens is 266 g/mol. The number of piperidine rings is 1. The fourth-order valence-corrected chi connectivity index (χ4v) is 5.73. The van der Waals surface area contributed by atoms with Crippen molar-refractivity contribution in [2.45, 2.75) is 57.4 Å². The SMILES string of the molecule is O=C(O)CCC1CCCCN1C(=O)C1C2C3CCC(C3)C12. The molecule has 0 aromatic heterocycles. The molecule has 1 amide bonds. The predicted octanol–water partition coefficient (Wildman–Crippen LogP) is 2.52. The first-order valence-corrected chi connectivity index (χ1v) is 8.69. The van der Waals surface area contributed by atoms with Crippen LogP contribution in [-0.2, 0) is 9.59 Å². The molecule has 4 rings (SSSR count). The third-order valence-corrected chi connectivity index (χ3v) is 6.62. The summed E-state index contributed by atoms with van der Waals surface area (Å²) in [7, 11) is 0. The molecule has 1 heterocycles. The molecule has 4 fully saturated rings. The number of nitrogens with zero attached hydrogens (tertiary/aromatic N) is 1. The molecule has 4 nitrogen and oxygen atoms in total. The van der Waals surface area contributed by atoms with Gasteiger partial charge in [0.1, 0.15) is 0 Å². The van der Waals surface area contributed by atoms with Crippen LogP contribution in [0.3, 0.4) is 0 Å². The Labute approximate surface area is 125 Å². The maximum Gasteiger partial charge on any atom is 0.303 e. The molecule has 21 heavy (non-hydrogen) atoms. The van der Waals surface area contributed by atoms with Gasteiger partial charge in [-0.05, 0) is 68.6 Å². The zero-order chi connectivity index (χ0) is 14.6. The number of carbonyl (C=O) groups excluding carboxylic acids is 1. The van der Waals surface area contributed by atoms with Gasteiger partial charge in [-0.1, -0.05) is 0 Å². The lowest BCUT2D eigenvalue weighted by molar-refractivity contribution is -0.141. The topological polar surface area (TPSA) is 57.6 Å². The maximum atomic E-state index is 12.9. The summed E-state index contributed by atoms with van der Waals surface area (Å²) in [6.07, 6.45) is 8.11. The summed E-state index contributed by atoms with van der Waals surface area (Å²) in [5.41, 5.74) is 0. The lowest BCUT2D eigenvalue weighted by atomic mass is 9.95. The highest BCUT2D eigenvalue weighted by Crippen LogP contribution is 2.69. The number of carbonyl (C=O) groups is 2. The molecule has 0 spiro atoms. The van der Waals surface area contributed by atoms with E-state index in [2.05, 4.69) is 4.90 Å². The van der Waals surface area contributed by atoms with E-state index in [1.165, 1.54) is 19.3 Å². The van der Waals surface area contributed by atoms with E-state index < -0.39 is 5.97 Å². The zero-order valence-electron chi connectivity index (χ0n) is 12.5. The summed E-state index contributed by atoms with van der Waals surface area (Å²) < 4.78 is 0. The van der Waals surface area contributed by atoms with Crippen molar-refractivity contribution in [1.29, 1.82) is 0 Å². The number of rotatable bonds is 4. The van der Waals surface area contributed by atoms with E-state index in [0.717, 1.165) is 37.6 Å². The van der Waals surface area contributed by atoms with Crippen molar-refractivity contribution >= 4 is 11.9 Å². The van der Waals surface area contributed by atoms with E-state index in [-0.39, 0.29) is 12.5 Å². The first kappa shape index (κ1) is 13.6. The summed E-state index contributed by atoms with van der Waals surface area (Å²) in [4.78, 5) is 25.8. The molecule has 5 unspecified atom stereocenters. The number of amides is 1. The van der Waals surface area contributed by atoms with E-state index in [9.17, 15) is 9.59 Å². The Kier molecular flexibility index (Phi) is 3.23. The smallest absolute Gasteiger partial charge is 0.303 e. The largest absolute Gasteiger partial charge is 0.481 e. The van der Waals surface area contributed by atoms with Gasteiger partial charge in [0.05, 0.1) is 0 Å². The number of fused-ring (bicyclic) bond motifs is 5. The first-order valence-electron chi connectivity index (χ1n) is 8.69. The van der Waals surface area contributed by atoms with E-state index >= 15 is 0 Å². The van der Waals surface area contributed by atoms with Gasteiger partial charge in [-0.15, -0.1) is 0 Å². The number of carboxylic acid groups (broad SMARTS) is 1. The van der Waals surface area contributed by atoms with Crippen LogP contribution in [0.15, 0.2) is 0 Å². The Hall–Kier alpha value is -1.06. The van der Waals surface area contributed by atoms with E-state index in [4.69, 9.17) is 5.11 Å². The van der Waals surface area contributed by atoms with Gasteiger partial charge in [-0.3, -0.25) is 9.59 Å². The summed E-state index contributed by atoms with van der Waals surface area (Å²) in [6, 6.07) is 0.182. The van der Waals surface area contributed by atoms with Crippen LogP contribution in [0.4, 0.5) is 0 Å². The predicted molar refractivity (Wildman–Crippen MR) is 77.5 cm³/mol. The molecule has 1 N–H and O–H groups in total. The molecule has 2 bridgehead atoms. The minimum Gasteiger partial charge on any atom is -0.481 e. The molecule has 4 aliphatic rings. The molecule has 0 radical (unpaired) electrons.